The van der Waals surface area contributed by atoms with Gasteiger partial charge in [0.25, 0.3) is 0 Å². The second-order valence-electron chi connectivity index (χ2n) is 5.15. The van der Waals surface area contributed by atoms with Crippen molar-refractivity contribution in [3.63, 3.8) is 0 Å². The van der Waals surface area contributed by atoms with Crippen LogP contribution in [0.4, 0.5) is 5.82 Å². The average Bonchev–Trinajstić information content (AvgIpc) is 3.03. The Kier molecular flexibility index (Phi) is 4.53. The first-order valence-corrected chi connectivity index (χ1v) is 8.34. The van der Waals surface area contributed by atoms with Crippen LogP contribution in [0, 0.1) is 0 Å². The standard InChI is InChI=1S/C11H16N5O7P/c1-21-2-5-8(23-24(18,19)20)7(17)11(22-5)16-4-15-6-9(12)13-3-14-10(6)16/h3-5,7-8,11,17H,2H2,1H3,(H2,12,13,14)(H2,18,19,20). The van der Waals surface area contributed by atoms with Crippen molar-refractivity contribution < 1.29 is 33.5 Å². The molecule has 0 amide bonds. The van der Waals surface area contributed by atoms with Gasteiger partial charge in [0.1, 0.15) is 30.2 Å². The molecule has 1 saturated heterocycles. The van der Waals surface area contributed by atoms with Crippen molar-refractivity contribution in [3.8, 4) is 0 Å². The zero-order valence-electron chi connectivity index (χ0n) is 12.5. The summed E-state index contributed by atoms with van der Waals surface area (Å²) in [7, 11) is -3.45. The minimum atomic E-state index is -4.84. The Morgan fingerprint density at radius 1 is 1.42 bits per heavy atom. The Labute approximate surface area is 135 Å². The van der Waals surface area contributed by atoms with E-state index in [1.165, 1.54) is 24.3 Å². The summed E-state index contributed by atoms with van der Waals surface area (Å²) in [5.41, 5.74) is 6.33. The Balaban J connectivity index is 1.95. The fraction of sp³-hybridized carbons (Fsp3) is 0.545. The number of anilines is 1. The van der Waals surface area contributed by atoms with Crippen LogP contribution >= 0.6 is 7.82 Å². The van der Waals surface area contributed by atoms with Gasteiger partial charge in [0.15, 0.2) is 17.7 Å². The summed E-state index contributed by atoms with van der Waals surface area (Å²) in [6, 6.07) is 0. The molecule has 12 nitrogen and oxygen atoms in total. The maximum Gasteiger partial charge on any atom is 0.470 e. The number of methoxy groups -OCH3 is 1. The number of aliphatic hydroxyl groups is 1. The zero-order chi connectivity index (χ0) is 17.5. The highest BCUT2D eigenvalue weighted by atomic mass is 31.2. The van der Waals surface area contributed by atoms with Crippen molar-refractivity contribution in [2.24, 2.45) is 0 Å². The third kappa shape index (κ3) is 3.13. The minimum absolute atomic E-state index is 0.0397. The lowest BCUT2D eigenvalue weighted by Gasteiger charge is -2.20. The van der Waals surface area contributed by atoms with Gasteiger partial charge in [0, 0.05) is 7.11 Å². The number of ether oxygens (including phenoxy) is 2. The van der Waals surface area contributed by atoms with E-state index < -0.39 is 32.4 Å². The van der Waals surface area contributed by atoms with Crippen LogP contribution in [0.2, 0.25) is 0 Å². The molecule has 0 spiro atoms. The number of phosphoric acid groups is 1. The molecule has 1 aliphatic heterocycles. The molecule has 13 heteroatoms. The van der Waals surface area contributed by atoms with Gasteiger partial charge in [-0.2, -0.15) is 0 Å². The molecule has 1 aliphatic rings. The molecule has 1 fully saturated rings. The second-order valence-corrected chi connectivity index (χ2v) is 6.35. The number of nitrogens with zero attached hydrogens (tertiary/aromatic N) is 4. The molecule has 24 heavy (non-hydrogen) atoms. The summed E-state index contributed by atoms with van der Waals surface area (Å²) < 4.78 is 27.8. The van der Waals surface area contributed by atoms with Gasteiger partial charge in [-0.3, -0.25) is 9.09 Å². The molecule has 0 radical (unpaired) electrons. The van der Waals surface area contributed by atoms with E-state index in [1.54, 1.807) is 0 Å². The van der Waals surface area contributed by atoms with Crippen LogP contribution in [0.3, 0.4) is 0 Å². The van der Waals surface area contributed by atoms with Crippen molar-refractivity contribution in [2.75, 3.05) is 19.5 Å². The number of aromatic nitrogens is 4. The zero-order valence-corrected chi connectivity index (χ0v) is 13.4. The van der Waals surface area contributed by atoms with Gasteiger partial charge in [-0.25, -0.2) is 19.5 Å². The van der Waals surface area contributed by atoms with Gasteiger partial charge in [-0.1, -0.05) is 0 Å². The van der Waals surface area contributed by atoms with Crippen molar-refractivity contribution in [1.29, 1.82) is 0 Å². The lowest BCUT2D eigenvalue weighted by molar-refractivity contribution is -0.0577. The lowest BCUT2D eigenvalue weighted by Crippen LogP contribution is -2.35. The van der Waals surface area contributed by atoms with E-state index in [0.717, 1.165) is 0 Å². The molecule has 2 aromatic rings. The van der Waals surface area contributed by atoms with Crippen molar-refractivity contribution in [3.05, 3.63) is 12.7 Å². The van der Waals surface area contributed by atoms with Gasteiger partial charge >= 0.3 is 7.82 Å². The number of nitrogens with two attached hydrogens (primary N) is 1. The summed E-state index contributed by atoms with van der Waals surface area (Å²) in [6.07, 6.45) is -2.07. The Bertz CT molecular complexity index is 779. The van der Waals surface area contributed by atoms with Gasteiger partial charge in [-0.05, 0) is 0 Å². The first-order valence-electron chi connectivity index (χ1n) is 6.81. The number of imidazole rings is 1. The monoisotopic (exact) mass is 361 g/mol. The van der Waals surface area contributed by atoms with E-state index in [-0.39, 0.29) is 12.4 Å². The number of aliphatic hydroxyl groups excluding tert-OH is 1. The van der Waals surface area contributed by atoms with Crippen LogP contribution in [0.5, 0.6) is 0 Å². The summed E-state index contributed by atoms with van der Waals surface area (Å²) in [4.78, 5) is 30.0. The van der Waals surface area contributed by atoms with Gasteiger partial charge < -0.3 is 30.1 Å². The van der Waals surface area contributed by atoms with Crippen molar-refractivity contribution in [1.82, 2.24) is 19.5 Å². The van der Waals surface area contributed by atoms with Crippen LogP contribution in [-0.4, -0.2) is 66.4 Å². The third-order valence-electron chi connectivity index (χ3n) is 3.56. The van der Waals surface area contributed by atoms with Crippen LogP contribution < -0.4 is 5.73 Å². The Morgan fingerprint density at radius 3 is 2.83 bits per heavy atom. The van der Waals surface area contributed by atoms with E-state index >= 15 is 0 Å². The van der Waals surface area contributed by atoms with Gasteiger partial charge in [0.2, 0.25) is 0 Å². The fourth-order valence-corrected chi connectivity index (χ4v) is 3.17. The second kappa shape index (κ2) is 6.33. The number of fused-ring (bicyclic) bond motifs is 1. The highest BCUT2D eigenvalue weighted by molar-refractivity contribution is 7.46. The maximum absolute atomic E-state index is 11.1. The molecule has 2 aromatic heterocycles. The largest absolute Gasteiger partial charge is 0.470 e. The number of phosphoric ester groups is 1. The van der Waals surface area contributed by atoms with Gasteiger partial charge in [-0.15, -0.1) is 0 Å². The lowest BCUT2D eigenvalue weighted by atomic mass is 10.1. The highest BCUT2D eigenvalue weighted by Crippen LogP contribution is 2.44. The minimum Gasteiger partial charge on any atom is -0.386 e. The molecule has 4 atom stereocenters. The third-order valence-corrected chi connectivity index (χ3v) is 4.08. The van der Waals surface area contributed by atoms with Crippen molar-refractivity contribution >= 4 is 24.8 Å². The first kappa shape index (κ1) is 17.2. The molecule has 0 saturated carbocycles. The summed E-state index contributed by atoms with van der Waals surface area (Å²) in [5, 5.41) is 10.4. The predicted molar refractivity (Wildman–Crippen MR) is 78.4 cm³/mol. The number of rotatable bonds is 5. The van der Waals surface area contributed by atoms with Crippen LogP contribution in [0.15, 0.2) is 12.7 Å². The molecule has 0 aromatic carbocycles. The van der Waals surface area contributed by atoms with Gasteiger partial charge in [0.05, 0.1) is 12.9 Å². The van der Waals surface area contributed by atoms with E-state index in [1.807, 2.05) is 0 Å². The molecule has 132 valence electrons. The summed E-state index contributed by atoms with van der Waals surface area (Å²) >= 11 is 0. The molecule has 3 rings (SSSR count). The average molecular weight is 361 g/mol. The smallest absolute Gasteiger partial charge is 0.386 e. The maximum atomic E-state index is 11.1. The number of nitrogen functional groups attached to an aromatic ring is 1. The molecular weight excluding hydrogens is 345 g/mol. The molecule has 0 bridgehead atoms. The van der Waals surface area contributed by atoms with Crippen molar-refractivity contribution in [2.45, 2.75) is 24.5 Å². The quantitative estimate of drug-likeness (QED) is 0.470. The number of hydrogen-bond acceptors (Lipinski definition) is 9. The van der Waals surface area contributed by atoms with Crippen LogP contribution in [0.1, 0.15) is 6.23 Å². The van der Waals surface area contributed by atoms with E-state index in [0.29, 0.717) is 11.2 Å². The molecule has 3 heterocycles. The van der Waals surface area contributed by atoms with E-state index in [2.05, 4.69) is 19.5 Å². The molecule has 5 N–H and O–H groups in total. The van der Waals surface area contributed by atoms with E-state index in [4.69, 9.17) is 25.0 Å². The highest BCUT2D eigenvalue weighted by Gasteiger charge is 2.48. The Hall–Kier alpha value is -1.66. The molecule has 0 aliphatic carbocycles. The SMILES string of the molecule is COCC1OC(n2cnc3c(N)ncnc32)C(O)C1OP(=O)(O)O. The summed E-state index contributed by atoms with van der Waals surface area (Å²) in [6.45, 7) is -0.0397. The first-order chi connectivity index (χ1) is 11.3. The van der Waals surface area contributed by atoms with Crippen LogP contribution in [-0.2, 0) is 18.6 Å². The fourth-order valence-electron chi connectivity index (χ4n) is 2.59. The summed E-state index contributed by atoms with van der Waals surface area (Å²) in [5.74, 6) is 0.155. The normalized spacial score (nSPS) is 27.8. The molecule has 4 unspecified atom stereocenters. The number of hydrogen-bond donors (Lipinski definition) is 4. The van der Waals surface area contributed by atoms with Crippen LogP contribution in [0.25, 0.3) is 11.2 Å². The topological polar surface area (TPSA) is 175 Å². The Morgan fingerprint density at radius 2 is 2.17 bits per heavy atom. The molecular formula is C11H16N5O7P. The predicted octanol–water partition coefficient (Wildman–Crippen LogP) is -1.21. The van der Waals surface area contributed by atoms with E-state index in [9.17, 15) is 9.67 Å².